The summed E-state index contributed by atoms with van der Waals surface area (Å²) in [6.07, 6.45) is 2.31. The van der Waals surface area contributed by atoms with Gasteiger partial charge in [0.25, 0.3) is 6.71 Å². The quantitative estimate of drug-likeness (QED) is 0.163. The van der Waals surface area contributed by atoms with Gasteiger partial charge in [0, 0.05) is 39.6 Å². The molecule has 2 heterocycles. The van der Waals surface area contributed by atoms with Crippen molar-refractivity contribution in [3.8, 4) is 22.3 Å². The molecule has 3 aliphatic rings. The van der Waals surface area contributed by atoms with Crippen LogP contribution < -0.4 is 26.2 Å². The summed E-state index contributed by atoms with van der Waals surface area (Å²) in [6, 6.07) is 54.5. The van der Waals surface area contributed by atoms with E-state index in [0.717, 1.165) is 12.8 Å². The molecule has 2 nitrogen and oxygen atoms in total. The maximum atomic E-state index is 2.73. The number of aryl methyl sites for hydroxylation is 1. The zero-order valence-electron chi connectivity index (χ0n) is 42.2. The highest BCUT2D eigenvalue weighted by Crippen LogP contribution is 2.54. The number of fused-ring (bicyclic) bond motifs is 5. The van der Waals surface area contributed by atoms with Crippen LogP contribution >= 0.6 is 0 Å². The molecule has 0 atom stereocenters. The van der Waals surface area contributed by atoms with Crippen molar-refractivity contribution in [2.45, 2.75) is 137 Å². The molecule has 0 saturated heterocycles. The first-order chi connectivity index (χ1) is 31.0. The van der Waals surface area contributed by atoms with Crippen molar-refractivity contribution in [1.82, 2.24) is 0 Å². The van der Waals surface area contributed by atoms with E-state index in [1.807, 2.05) is 0 Å². The Kier molecular flexibility index (Phi) is 10.1. The summed E-state index contributed by atoms with van der Waals surface area (Å²) in [4.78, 5) is 5.32. The van der Waals surface area contributed by atoms with E-state index in [-0.39, 0.29) is 33.8 Å². The SMILES string of the molecule is Cc1cc2c3c(c1)N(c1c(-c4ccccc4)cc(C(C)(C)C)cc1-c1ccccc1)c1cc4c(cc1B3c1cc(C(C)(C)C)ccc1N2c1ccc(C(C)(C)C)cc1)C(C)(C)CCC4(C)C. The van der Waals surface area contributed by atoms with E-state index in [1.54, 1.807) is 0 Å². The third-order valence-corrected chi connectivity index (χ3v) is 15.4. The summed E-state index contributed by atoms with van der Waals surface area (Å²) in [5.74, 6) is 0. The number of hydrogen-bond acceptors (Lipinski definition) is 2. The molecule has 2 aliphatic heterocycles. The summed E-state index contributed by atoms with van der Waals surface area (Å²) in [6.45, 7) is 33.3. The molecule has 334 valence electrons. The highest BCUT2D eigenvalue weighted by molar-refractivity contribution is 7.00. The summed E-state index contributed by atoms with van der Waals surface area (Å²) in [7, 11) is 0. The second kappa shape index (κ2) is 15.1. The number of hydrogen-bond donors (Lipinski definition) is 0. The number of benzene rings is 7. The second-order valence-corrected chi connectivity index (χ2v) is 24.3. The van der Waals surface area contributed by atoms with Crippen molar-refractivity contribution in [3.05, 3.63) is 173 Å². The van der Waals surface area contributed by atoms with Crippen LogP contribution in [0.1, 0.15) is 136 Å². The lowest BCUT2D eigenvalue weighted by Gasteiger charge is -2.48. The van der Waals surface area contributed by atoms with Crippen molar-refractivity contribution in [2.24, 2.45) is 0 Å². The molecule has 0 saturated carbocycles. The first-order valence-electron chi connectivity index (χ1n) is 24.5. The Balaban J connectivity index is 1.39. The predicted octanol–water partition coefficient (Wildman–Crippen LogP) is 15.7. The maximum Gasteiger partial charge on any atom is 0.252 e. The van der Waals surface area contributed by atoms with Gasteiger partial charge in [-0.25, -0.2) is 0 Å². The van der Waals surface area contributed by atoms with Crippen LogP contribution in [0.25, 0.3) is 22.3 Å². The summed E-state index contributed by atoms with van der Waals surface area (Å²) >= 11 is 0. The van der Waals surface area contributed by atoms with Crippen LogP contribution in [-0.2, 0) is 27.1 Å². The van der Waals surface area contributed by atoms with Crippen LogP contribution in [0.15, 0.2) is 140 Å². The molecule has 0 fully saturated rings. The zero-order valence-corrected chi connectivity index (χ0v) is 42.2. The van der Waals surface area contributed by atoms with E-state index < -0.39 is 0 Å². The van der Waals surface area contributed by atoms with Gasteiger partial charge in [-0.2, -0.15) is 0 Å². The molecule has 0 bridgehead atoms. The van der Waals surface area contributed by atoms with Crippen molar-refractivity contribution in [3.63, 3.8) is 0 Å². The van der Waals surface area contributed by atoms with Crippen molar-refractivity contribution >= 4 is 57.2 Å². The molecule has 3 heteroatoms. The summed E-state index contributed by atoms with van der Waals surface area (Å²) < 4.78 is 0. The lowest BCUT2D eigenvalue weighted by molar-refractivity contribution is 0.332. The molecule has 10 rings (SSSR count). The molecule has 1 aliphatic carbocycles. The highest BCUT2D eigenvalue weighted by atomic mass is 15.2. The Morgan fingerprint density at radius 2 is 0.909 bits per heavy atom. The van der Waals surface area contributed by atoms with Crippen molar-refractivity contribution in [2.75, 3.05) is 9.80 Å². The first-order valence-corrected chi connectivity index (χ1v) is 24.5. The Hall–Kier alpha value is -5.80. The molecule has 7 aromatic carbocycles. The van der Waals surface area contributed by atoms with Gasteiger partial charge in [-0.05, 0) is 156 Å². The van der Waals surface area contributed by atoms with Gasteiger partial charge < -0.3 is 9.80 Å². The fourth-order valence-corrected chi connectivity index (χ4v) is 11.3. The Morgan fingerprint density at radius 3 is 1.42 bits per heavy atom. The van der Waals surface area contributed by atoms with Gasteiger partial charge in [0.05, 0.1) is 5.69 Å². The molecule has 7 aromatic rings. The minimum absolute atomic E-state index is 0.0180. The van der Waals surface area contributed by atoms with Crippen LogP contribution in [0.3, 0.4) is 0 Å². The average molecular weight is 865 g/mol. The molecule has 66 heavy (non-hydrogen) atoms. The molecule has 0 amide bonds. The first kappa shape index (κ1) is 44.1. The molecule has 0 aromatic heterocycles. The number of nitrogens with zero attached hydrogens (tertiary/aromatic N) is 2. The van der Waals surface area contributed by atoms with Crippen LogP contribution in [0, 0.1) is 6.92 Å². The highest BCUT2D eigenvalue weighted by Gasteiger charge is 2.47. The summed E-state index contributed by atoms with van der Waals surface area (Å²) in [5.41, 5.74) is 24.8. The molecule has 0 N–H and O–H groups in total. The fourth-order valence-electron chi connectivity index (χ4n) is 11.3. The Bertz CT molecular complexity index is 2960. The van der Waals surface area contributed by atoms with E-state index in [9.17, 15) is 0 Å². The van der Waals surface area contributed by atoms with E-state index >= 15 is 0 Å². The van der Waals surface area contributed by atoms with Crippen LogP contribution in [0.5, 0.6) is 0 Å². The minimum Gasteiger partial charge on any atom is -0.311 e. The standard InChI is InChI=1S/C63H69BN2/c1-40-33-55-57-56(34-40)66(58-47(41-21-17-15-18-22-41)35-45(61(8,9)10)36-48(58)42-23-19-16-20-24-42)54-39-50-49(62(11,12)31-32-63(50,13)14)38-52(54)64(57)51-37-44(60(5,6)7)27-30-53(51)65(55)46-28-25-43(26-29-46)59(2,3)4/h15-30,33-39H,31-32H2,1-14H3. The smallest absolute Gasteiger partial charge is 0.252 e. The maximum absolute atomic E-state index is 2.73. The van der Waals surface area contributed by atoms with Crippen LogP contribution in [-0.4, -0.2) is 6.71 Å². The third kappa shape index (κ3) is 7.24. The van der Waals surface area contributed by atoms with Gasteiger partial charge in [0.15, 0.2) is 0 Å². The second-order valence-electron chi connectivity index (χ2n) is 24.3. The Morgan fingerprint density at radius 1 is 0.439 bits per heavy atom. The molecule has 0 radical (unpaired) electrons. The molecular weight excluding hydrogens is 796 g/mol. The summed E-state index contributed by atoms with van der Waals surface area (Å²) in [5, 5.41) is 0. The van der Waals surface area contributed by atoms with Gasteiger partial charge in [-0.1, -0.05) is 181 Å². The van der Waals surface area contributed by atoms with Gasteiger partial charge in [0.2, 0.25) is 0 Å². The molecule has 0 spiro atoms. The Labute approximate surface area is 397 Å². The van der Waals surface area contributed by atoms with Crippen LogP contribution in [0.4, 0.5) is 34.1 Å². The van der Waals surface area contributed by atoms with E-state index in [2.05, 4.69) is 246 Å². The van der Waals surface area contributed by atoms with Gasteiger partial charge >= 0.3 is 0 Å². The zero-order chi connectivity index (χ0) is 46.9. The van der Waals surface area contributed by atoms with Gasteiger partial charge in [-0.15, -0.1) is 0 Å². The van der Waals surface area contributed by atoms with Crippen molar-refractivity contribution in [1.29, 1.82) is 0 Å². The van der Waals surface area contributed by atoms with Crippen molar-refractivity contribution < 1.29 is 0 Å². The lowest BCUT2D eigenvalue weighted by Crippen LogP contribution is -2.62. The topological polar surface area (TPSA) is 6.48 Å². The molecular formula is C63H69BN2. The van der Waals surface area contributed by atoms with Gasteiger partial charge in [-0.3, -0.25) is 0 Å². The van der Waals surface area contributed by atoms with E-state index in [1.165, 1.54) is 106 Å². The van der Waals surface area contributed by atoms with Crippen LogP contribution in [0.2, 0.25) is 0 Å². The average Bonchev–Trinajstić information content (AvgIpc) is 3.26. The van der Waals surface area contributed by atoms with E-state index in [4.69, 9.17) is 0 Å². The third-order valence-electron chi connectivity index (χ3n) is 15.4. The predicted molar refractivity (Wildman–Crippen MR) is 287 cm³/mol. The fraction of sp³-hybridized carbons (Fsp3) is 0.333. The molecule has 0 unspecified atom stereocenters. The number of rotatable bonds is 4. The number of anilines is 6. The van der Waals surface area contributed by atoms with E-state index in [0.29, 0.717) is 0 Å². The normalized spacial score (nSPS) is 16.1. The monoisotopic (exact) mass is 865 g/mol. The minimum atomic E-state index is -0.0782. The largest absolute Gasteiger partial charge is 0.311 e. The van der Waals surface area contributed by atoms with Gasteiger partial charge in [0.1, 0.15) is 0 Å². The lowest BCUT2D eigenvalue weighted by atomic mass is 9.33.